The van der Waals surface area contributed by atoms with E-state index in [0.29, 0.717) is 18.0 Å². The first kappa shape index (κ1) is 10.9. The van der Waals surface area contributed by atoms with Crippen LogP contribution in [0.2, 0.25) is 0 Å². The van der Waals surface area contributed by atoms with Crippen LogP contribution in [-0.2, 0) is 10.3 Å². The number of anilines is 1. The van der Waals surface area contributed by atoms with Crippen LogP contribution in [0.1, 0.15) is 19.4 Å². The smallest absolute Gasteiger partial charge is 0.129 e. The number of nitrogens with zero attached hydrogens (tertiary/aromatic N) is 1. The van der Waals surface area contributed by atoms with Crippen molar-refractivity contribution in [2.75, 3.05) is 18.9 Å². The van der Waals surface area contributed by atoms with Gasteiger partial charge in [0.2, 0.25) is 0 Å². The van der Waals surface area contributed by atoms with Crippen LogP contribution in [0.5, 0.6) is 0 Å². The van der Waals surface area contributed by atoms with Gasteiger partial charge in [-0.2, -0.15) is 0 Å². The van der Waals surface area contributed by atoms with Gasteiger partial charge in [0.15, 0.2) is 0 Å². The van der Waals surface area contributed by atoms with Crippen molar-refractivity contribution in [3.8, 4) is 0 Å². The fraction of sp³-hybridized carbons (Fsp3) is 0.500. The monoisotopic (exact) mass is 196 g/mol. The summed E-state index contributed by atoms with van der Waals surface area (Å²) in [5, 5.41) is 10.1. The van der Waals surface area contributed by atoms with Crippen LogP contribution in [-0.4, -0.2) is 23.3 Å². The molecule has 0 spiro atoms. The Morgan fingerprint density at radius 2 is 2.36 bits per heavy atom. The van der Waals surface area contributed by atoms with E-state index in [4.69, 9.17) is 10.5 Å². The van der Waals surface area contributed by atoms with Gasteiger partial charge < -0.3 is 15.6 Å². The van der Waals surface area contributed by atoms with E-state index in [9.17, 15) is 5.11 Å². The fourth-order valence-corrected chi connectivity index (χ4v) is 1.25. The number of ether oxygens (including phenoxy) is 1. The first-order valence-electron chi connectivity index (χ1n) is 4.59. The van der Waals surface area contributed by atoms with Crippen molar-refractivity contribution in [3.63, 3.8) is 0 Å². The van der Waals surface area contributed by atoms with Crippen LogP contribution < -0.4 is 5.73 Å². The van der Waals surface area contributed by atoms with Crippen molar-refractivity contribution in [1.29, 1.82) is 0 Å². The van der Waals surface area contributed by atoms with Crippen LogP contribution in [0.25, 0.3) is 0 Å². The molecule has 0 aliphatic rings. The van der Waals surface area contributed by atoms with Crippen LogP contribution in [0.3, 0.4) is 0 Å². The standard InChI is InChI=1S/C10H16N2O2/c1-3-14-7-10(2,13)8-5-4-6-12-9(8)11/h4-6,13H,3,7H2,1-2H3,(H2,11,12). The van der Waals surface area contributed by atoms with E-state index in [2.05, 4.69) is 4.98 Å². The summed E-state index contributed by atoms with van der Waals surface area (Å²) in [5.41, 5.74) is 5.18. The summed E-state index contributed by atoms with van der Waals surface area (Å²) < 4.78 is 5.17. The highest BCUT2D eigenvalue weighted by atomic mass is 16.5. The number of aromatic nitrogens is 1. The van der Waals surface area contributed by atoms with Crippen molar-refractivity contribution in [2.24, 2.45) is 0 Å². The molecule has 0 aliphatic heterocycles. The first-order chi connectivity index (χ1) is 6.58. The molecule has 0 amide bonds. The average molecular weight is 196 g/mol. The second-order valence-electron chi connectivity index (χ2n) is 3.35. The topological polar surface area (TPSA) is 68.4 Å². The van der Waals surface area contributed by atoms with Gasteiger partial charge >= 0.3 is 0 Å². The Morgan fingerprint density at radius 3 is 2.93 bits per heavy atom. The first-order valence-corrected chi connectivity index (χ1v) is 4.59. The number of rotatable bonds is 4. The van der Waals surface area contributed by atoms with Crippen molar-refractivity contribution in [3.05, 3.63) is 23.9 Å². The molecule has 0 bridgehead atoms. The predicted molar refractivity (Wildman–Crippen MR) is 54.7 cm³/mol. The van der Waals surface area contributed by atoms with Gasteiger partial charge in [-0.05, 0) is 19.9 Å². The molecule has 0 saturated heterocycles. The molecule has 0 saturated carbocycles. The van der Waals surface area contributed by atoms with E-state index in [1.165, 1.54) is 0 Å². The zero-order valence-electron chi connectivity index (χ0n) is 8.53. The summed E-state index contributed by atoms with van der Waals surface area (Å²) in [5.74, 6) is 0.345. The summed E-state index contributed by atoms with van der Waals surface area (Å²) in [6.45, 7) is 4.33. The van der Waals surface area contributed by atoms with E-state index in [1.807, 2.05) is 6.92 Å². The summed E-state index contributed by atoms with van der Waals surface area (Å²) in [6.07, 6.45) is 1.59. The van der Waals surface area contributed by atoms with Crippen LogP contribution >= 0.6 is 0 Å². The molecule has 1 atom stereocenters. The molecular weight excluding hydrogens is 180 g/mol. The molecule has 0 fully saturated rings. The van der Waals surface area contributed by atoms with Gasteiger partial charge in [-0.25, -0.2) is 4.98 Å². The maximum atomic E-state index is 10.1. The number of hydrogen-bond acceptors (Lipinski definition) is 4. The molecule has 1 aromatic rings. The van der Waals surface area contributed by atoms with Crippen molar-refractivity contribution in [1.82, 2.24) is 4.98 Å². The van der Waals surface area contributed by atoms with Gasteiger partial charge in [0, 0.05) is 18.4 Å². The normalized spacial score (nSPS) is 15.1. The Balaban J connectivity index is 2.86. The van der Waals surface area contributed by atoms with Gasteiger partial charge in [0.1, 0.15) is 11.4 Å². The van der Waals surface area contributed by atoms with E-state index in [1.54, 1.807) is 25.3 Å². The zero-order valence-corrected chi connectivity index (χ0v) is 8.53. The van der Waals surface area contributed by atoms with E-state index < -0.39 is 5.60 Å². The lowest BCUT2D eigenvalue weighted by Gasteiger charge is -2.24. The third-order valence-electron chi connectivity index (χ3n) is 2.01. The molecule has 3 N–H and O–H groups in total. The summed E-state index contributed by atoms with van der Waals surface area (Å²) in [7, 11) is 0. The molecule has 0 aliphatic carbocycles. The van der Waals surface area contributed by atoms with Gasteiger partial charge in [0.05, 0.1) is 6.61 Å². The third-order valence-corrected chi connectivity index (χ3v) is 2.01. The molecule has 4 heteroatoms. The SMILES string of the molecule is CCOCC(C)(O)c1cccnc1N. The summed E-state index contributed by atoms with van der Waals surface area (Å²) >= 11 is 0. The third kappa shape index (κ3) is 2.43. The highest BCUT2D eigenvalue weighted by molar-refractivity contribution is 5.42. The molecule has 78 valence electrons. The number of nitrogen functional groups attached to an aromatic ring is 1. The minimum atomic E-state index is -1.08. The number of pyridine rings is 1. The van der Waals surface area contributed by atoms with E-state index in [-0.39, 0.29) is 6.61 Å². The maximum absolute atomic E-state index is 10.1. The molecule has 4 nitrogen and oxygen atoms in total. The van der Waals surface area contributed by atoms with E-state index in [0.717, 1.165) is 0 Å². The van der Waals surface area contributed by atoms with Crippen LogP contribution in [0.4, 0.5) is 5.82 Å². The summed E-state index contributed by atoms with van der Waals surface area (Å²) in [6, 6.07) is 3.49. The lowest BCUT2D eigenvalue weighted by Crippen LogP contribution is -2.29. The highest BCUT2D eigenvalue weighted by Crippen LogP contribution is 2.24. The molecule has 1 rings (SSSR count). The number of nitrogens with two attached hydrogens (primary N) is 1. The predicted octanol–water partition coefficient (Wildman–Crippen LogP) is 0.908. The van der Waals surface area contributed by atoms with Crippen LogP contribution in [0, 0.1) is 0 Å². The molecular formula is C10H16N2O2. The van der Waals surface area contributed by atoms with Gasteiger partial charge in [-0.15, -0.1) is 0 Å². The van der Waals surface area contributed by atoms with E-state index >= 15 is 0 Å². The van der Waals surface area contributed by atoms with Crippen molar-refractivity contribution >= 4 is 5.82 Å². The molecule has 1 heterocycles. The molecule has 0 radical (unpaired) electrons. The Labute approximate surface area is 83.7 Å². The van der Waals surface area contributed by atoms with Gasteiger partial charge in [0.25, 0.3) is 0 Å². The Bertz CT molecular complexity index is 300. The minimum Gasteiger partial charge on any atom is -0.383 e. The zero-order chi connectivity index (χ0) is 10.6. The highest BCUT2D eigenvalue weighted by Gasteiger charge is 2.25. The molecule has 1 unspecified atom stereocenters. The van der Waals surface area contributed by atoms with Gasteiger partial charge in [-0.3, -0.25) is 0 Å². The van der Waals surface area contributed by atoms with Crippen molar-refractivity contribution < 1.29 is 9.84 Å². The lowest BCUT2D eigenvalue weighted by atomic mass is 9.98. The second kappa shape index (κ2) is 4.39. The molecule has 1 aromatic heterocycles. The Kier molecular flexibility index (Phi) is 3.43. The fourth-order valence-electron chi connectivity index (χ4n) is 1.25. The molecule has 14 heavy (non-hydrogen) atoms. The Hall–Kier alpha value is -1.13. The average Bonchev–Trinajstić information content (AvgIpc) is 2.15. The van der Waals surface area contributed by atoms with Crippen molar-refractivity contribution in [2.45, 2.75) is 19.4 Å². The Morgan fingerprint density at radius 1 is 1.64 bits per heavy atom. The number of aliphatic hydroxyl groups is 1. The largest absolute Gasteiger partial charge is 0.383 e. The lowest BCUT2D eigenvalue weighted by molar-refractivity contribution is -0.0340. The second-order valence-corrected chi connectivity index (χ2v) is 3.35. The quantitative estimate of drug-likeness (QED) is 0.751. The maximum Gasteiger partial charge on any atom is 0.129 e. The van der Waals surface area contributed by atoms with Gasteiger partial charge in [-0.1, -0.05) is 6.07 Å². The number of hydrogen-bond donors (Lipinski definition) is 2. The van der Waals surface area contributed by atoms with Crippen LogP contribution in [0.15, 0.2) is 18.3 Å². The minimum absolute atomic E-state index is 0.222. The summed E-state index contributed by atoms with van der Waals surface area (Å²) in [4.78, 5) is 3.92. The molecule has 0 aromatic carbocycles.